The largest absolute Gasteiger partial charge is 0.401 e. The highest BCUT2D eigenvalue weighted by molar-refractivity contribution is 8.10. The summed E-state index contributed by atoms with van der Waals surface area (Å²) in [6.45, 7) is 7.15. The first-order chi connectivity index (χ1) is 15.4. The first-order valence-corrected chi connectivity index (χ1v) is 14.8. The van der Waals surface area contributed by atoms with Crippen LogP contribution in [-0.4, -0.2) is 52.7 Å². The topological polar surface area (TPSA) is 36.9 Å². The molecule has 2 aromatic carbocycles. The summed E-state index contributed by atoms with van der Waals surface area (Å²) in [4.78, 5) is 2.22. The van der Waals surface area contributed by atoms with Gasteiger partial charge in [-0.05, 0) is 15.4 Å². The number of hydrogen-bond acceptors (Lipinski definition) is 6. The molecule has 172 valence electrons. The molecule has 0 saturated heterocycles. The van der Waals surface area contributed by atoms with Crippen molar-refractivity contribution in [1.29, 1.82) is 0 Å². The van der Waals surface area contributed by atoms with Gasteiger partial charge in [0, 0.05) is 25.7 Å². The second-order valence-electron chi connectivity index (χ2n) is 8.98. The van der Waals surface area contributed by atoms with E-state index in [0.29, 0.717) is 6.61 Å². The first-order valence-electron chi connectivity index (χ1n) is 10.9. The molecule has 0 spiro atoms. The smallest absolute Gasteiger partial charge is 0.261 e. The molecule has 4 rings (SSSR count). The molecule has 0 aromatic heterocycles. The second-order valence-corrected chi connectivity index (χ2v) is 15.5. The molecule has 0 radical (unpaired) electrons. The van der Waals surface area contributed by atoms with Crippen LogP contribution in [0.1, 0.15) is 20.8 Å². The van der Waals surface area contributed by atoms with Gasteiger partial charge in [0.15, 0.2) is 6.29 Å². The summed E-state index contributed by atoms with van der Waals surface area (Å²) in [5, 5.41) is 2.37. The van der Waals surface area contributed by atoms with E-state index < -0.39 is 20.4 Å². The highest BCUT2D eigenvalue weighted by Crippen LogP contribution is 2.51. The van der Waals surface area contributed by atoms with Gasteiger partial charge < -0.3 is 18.6 Å². The highest BCUT2D eigenvalue weighted by atomic mass is 32.2. The Kier molecular flexibility index (Phi) is 7.27. The van der Waals surface area contributed by atoms with Crippen LogP contribution in [0.5, 0.6) is 0 Å². The SMILES string of the molecule is CO[C@H]1O[C@@](CO[Si](c2ccccc2)(c2ccccc2)C(C)(C)C)(OC)C2=C1SCCS2. The van der Waals surface area contributed by atoms with Gasteiger partial charge in [-0.3, -0.25) is 0 Å². The fourth-order valence-corrected chi connectivity index (χ4v) is 11.8. The zero-order chi connectivity index (χ0) is 22.8. The van der Waals surface area contributed by atoms with Gasteiger partial charge in [-0.1, -0.05) is 81.4 Å². The van der Waals surface area contributed by atoms with E-state index in [2.05, 4.69) is 81.4 Å². The van der Waals surface area contributed by atoms with Crippen LogP contribution in [0.2, 0.25) is 5.04 Å². The molecule has 2 heterocycles. The zero-order valence-corrected chi connectivity index (χ0v) is 22.1. The van der Waals surface area contributed by atoms with Crippen molar-refractivity contribution in [2.45, 2.75) is 37.9 Å². The summed E-state index contributed by atoms with van der Waals surface area (Å²) >= 11 is 3.60. The summed E-state index contributed by atoms with van der Waals surface area (Å²) in [6, 6.07) is 21.3. The molecule has 2 aliphatic rings. The van der Waals surface area contributed by atoms with Crippen LogP contribution in [-0.2, 0) is 18.6 Å². The van der Waals surface area contributed by atoms with Gasteiger partial charge in [-0.2, -0.15) is 0 Å². The first kappa shape index (κ1) is 24.1. The Morgan fingerprint density at radius 3 is 2.00 bits per heavy atom. The van der Waals surface area contributed by atoms with Gasteiger partial charge in [-0.15, -0.1) is 23.5 Å². The second kappa shape index (κ2) is 9.66. The van der Waals surface area contributed by atoms with Crippen LogP contribution in [0.15, 0.2) is 70.5 Å². The normalized spacial score (nSPS) is 24.0. The minimum atomic E-state index is -2.71. The minimum absolute atomic E-state index is 0.116. The maximum Gasteiger partial charge on any atom is 0.261 e. The Morgan fingerprint density at radius 1 is 0.938 bits per heavy atom. The predicted octanol–water partition coefficient (Wildman–Crippen LogP) is 4.60. The molecule has 32 heavy (non-hydrogen) atoms. The van der Waals surface area contributed by atoms with E-state index in [0.717, 1.165) is 21.3 Å². The molecule has 2 aliphatic heterocycles. The zero-order valence-electron chi connectivity index (χ0n) is 19.4. The quantitative estimate of drug-likeness (QED) is 0.530. The molecule has 4 nitrogen and oxygen atoms in total. The van der Waals surface area contributed by atoms with Gasteiger partial charge in [0.1, 0.15) is 0 Å². The fraction of sp³-hybridized carbons (Fsp3) is 0.440. The fourth-order valence-electron chi connectivity index (χ4n) is 4.60. The van der Waals surface area contributed by atoms with Crippen LogP contribution in [0.25, 0.3) is 0 Å². The van der Waals surface area contributed by atoms with E-state index in [-0.39, 0.29) is 5.04 Å². The van der Waals surface area contributed by atoms with Crippen molar-refractivity contribution in [3.8, 4) is 0 Å². The molecule has 0 saturated carbocycles. The van der Waals surface area contributed by atoms with E-state index in [4.69, 9.17) is 18.6 Å². The lowest BCUT2D eigenvalue weighted by Gasteiger charge is -2.45. The molecular formula is C25H32O4S2Si. The third kappa shape index (κ3) is 4.13. The number of thioether (sulfide) groups is 2. The van der Waals surface area contributed by atoms with Crippen molar-refractivity contribution in [2.75, 3.05) is 32.3 Å². The van der Waals surface area contributed by atoms with Crippen molar-refractivity contribution < 1.29 is 18.6 Å². The minimum Gasteiger partial charge on any atom is -0.401 e. The standard InChI is InChI=1S/C25H32O4S2Si/c1-24(2,3)32(19-12-8-6-9-13-19,20-14-10-7-11-15-20)28-18-25(27-5)22-21(23(26-4)29-25)30-16-17-31-22/h6-15,23H,16-18H2,1-5H3/t23-,25+/m0/s1. The van der Waals surface area contributed by atoms with Crippen molar-refractivity contribution in [1.82, 2.24) is 0 Å². The molecular weight excluding hydrogens is 456 g/mol. The van der Waals surface area contributed by atoms with Crippen LogP contribution >= 0.6 is 23.5 Å². The number of hydrogen-bond donors (Lipinski definition) is 0. The third-order valence-corrected chi connectivity index (χ3v) is 13.8. The average molecular weight is 489 g/mol. The van der Waals surface area contributed by atoms with E-state index >= 15 is 0 Å². The summed E-state index contributed by atoms with van der Waals surface area (Å²) < 4.78 is 25.3. The highest BCUT2D eigenvalue weighted by Gasteiger charge is 2.55. The number of benzene rings is 2. The summed E-state index contributed by atoms with van der Waals surface area (Å²) in [5.41, 5.74) is 0. The van der Waals surface area contributed by atoms with E-state index in [1.807, 2.05) is 0 Å². The van der Waals surface area contributed by atoms with Gasteiger partial charge in [0.05, 0.1) is 16.4 Å². The van der Waals surface area contributed by atoms with Crippen LogP contribution in [0.3, 0.4) is 0 Å². The van der Waals surface area contributed by atoms with Crippen LogP contribution in [0.4, 0.5) is 0 Å². The Bertz CT molecular complexity index is 906. The molecule has 0 amide bonds. The van der Waals surface area contributed by atoms with Crippen LogP contribution in [0, 0.1) is 0 Å². The van der Waals surface area contributed by atoms with E-state index in [9.17, 15) is 0 Å². The van der Waals surface area contributed by atoms with Gasteiger partial charge >= 0.3 is 0 Å². The van der Waals surface area contributed by atoms with E-state index in [1.54, 1.807) is 37.7 Å². The molecule has 2 atom stereocenters. The lowest BCUT2D eigenvalue weighted by Crippen LogP contribution is -2.67. The van der Waals surface area contributed by atoms with Crippen molar-refractivity contribution >= 4 is 42.2 Å². The lowest BCUT2D eigenvalue weighted by molar-refractivity contribution is -0.255. The van der Waals surface area contributed by atoms with Crippen molar-refractivity contribution in [3.63, 3.8) is 0 Å². The average Bonchev–Trinajstić information content (AvgIpc) is 3.14. The Hall–Kier alpha value is -1.06. The molecule has 2 aromatic rings. The maximum absolute atomic E-state index is 7.16. The van der Waals surface area contributed by atoms with Crippen LogP contribution < -0.4 is 10.4 Å². The maximum atomic E-state index is 7.16. The molecule has 0 bridgehead atoms. The molecule has 7 heteroatoms. The van der Waals surface area contributed by atoms with Gasteiger partial charge in [-0.25, -0.2) is 0 Å². The van der Waals surface area contributed by atoms with Crippen molar-refractivity contribution in [2.24, 2.45) is 0 Å². The monoisotopic (exact) mass is 488 g/mol. The molecule has 0 fully saturated rings. The summed E-state index contributed by atoms with van der Waals surface area (Å²) in [5.74, 6) is 1.11. The molecule has 0 aliphatic carbocycles. The van der Waals surface area contributed by atoms with Gasteiger partial charge in [0.2, 0.25) is 5.79 Å². The molecule has 0 unspecified atom stereocenters. The number of methoxy groups -OCH3 is 2. The Labute approximate surface area is 201 Å². The van der Waals surface area contributed by atoms with E-state index in [1.165, 1.54) is 10.4 Å². The predicted molar refractivity (Wildman–Crippen MR) is 137 cm³/mol. The van der Waals surface area contributed by atoms with Gasteiger partial charge in [0.25, 0.3) is 8.32 Å². The molecule has 0 N–H and O–H groups in total. The lowest BCUT2D eigenvalue weighted by atomic mass is 10.2. The number of ether oxygens (including phenoxy) is 3. The number of rotatable bonds is 7. The van der Waals surface area contributed by atoms with Crippen molar-refractivity contribution in [3.05, 3.63) is 70.5 Å². The third-order valence-electron chi connectivity index (χ3n) is 6.11. The summed E-state index contributed by atoms with van der Waals surface area (Å²) in [7, 11) is 0.682. The summed E-state index contributed by atoms with van der Waals surface area (Å²) in [6.07, 6.45) is -0.412. The Balaban J connectivity index is 1.80. The Morgan fingerprint density at radius 2 is 1.50 bits per heavy atom.